The Hall–Kier alpha value is -0.0900. The SMILES string of the molecule is CCCCCCCCCCCCCCCCOCC(COP(=O)(O)OCCNC)OCCCCC(O)CO. The molecule has 0 rings (SSSR count). The Balaban J connectivity index is 3.94. The second kappa shape index (κ2) is 28.4. The number of nitrogens with one attached hydrogen (secondary N) is 1. The van der Waals surface area contributed by atoms with E-state index in [9.17, 15) is 14.6 Å². The Kier molecular flexibility index (Phi) is 28.4. The number of aliphatic hydroxyl groups is 2. The molecule has 9 nitrogen and oxygen atoms in total. The van der Waals surface area contributed by atoms with Gasteiger partial charge in [0.25, 0.3) is 0 Å². The van der Waals surface area contributed by atoms with E-state index in [0.29, 0.717) is 39.0 Å². The highest BCUT2D eigenvalue weighted by Gasteiger charge is 2.23. The fraction of sp³-hybridized carbons (Fsp3) is 1.00. The van der Waals surface area contributed by atoms with Crippen molar-refractivity contribution in [3.8, 4) is 0 Å². The summed E-state index contributed by atoms with van der Waals surface area (Å²) in [6, 6.07) is 0. The minimum Gasteiger partial charge on any atom is -0.394 e. The van der Waals surface area contributed by atoms with Gasteiger partial charge in [-0.3, -0.25) is 9.05 Å². The zero-order chi connectivity index (χ0) is 28.2. The van der Waals surface area contributed by atoms with Crippen LogP contribution in [0.15, 0.2) is 0 Å². The van der Waals surface area contributed by atoms with Gasteiger partial charge in [0.15, 0.2) is 0 Å². The lowest BCUT2D eigenvalue weighted by atomic mass is 10.0. The van der Waals surface area contributed by atoms with Crippen molar-refractivity contribution < 1.29 is 38.2 Å². The molecular weight excluding hydrogens is 509 g/mol. The summed E-state index contributed by atoms with van der Waals surface area (Å²) in [6.45, 7) is 3.72. The van der Waals surface area contributed by atoms with E-state index >= 15 is 0 Å². The number of likely N-dealkylation sites (N-methyl/N-ethyl adjacent to an activating group) is 1. The van der Waals surface area contributed by atoms with Crippen LogP contribution in [-0.4, -0.2) is 80.5 Å². The highest BCUT2D eigenvalue weighted by atomic mass is 31.2. The molecule has 230 valence electrons. The molecule has 0 saturated heterocycles. The fourth-order valence-electron chi connectivity index (χ4n) is 4.06. The van der Waals surface area contributed by atoms with Gasteiger partial charge in [-0.15, -0.1) is 0 Å². The van der Waals surface area contributed by atoms with Gasteiger partial charge in [-0.2, -0.15) is 0 Å². The number of ether oxygens (including phenoxy) is 2. The van der Waals surface area contributed by atoms with E-state index in [0.717, 1.165) is 12.8 Å². The molecule has 0 aliphatic carbocycles. The largest absolute Gasteiger partial charge is 0.472 e. The molecule has 0 bridgehead atoms. The van der Waals surface area contributed by atoms with Crippen LogP contribution >= 0.6 is 7.82 Å². The molecule has 0 aliphatic heterocycles. The Morgan fingerprint density at radius 3 is 1.84 bits per heavy atom. The summed E-state index contributed by atoms with van der Waals surface area (Å²) in [5.41, 5.74) is 0. The van der Waals surface area contributed by atoms with Crippen LogP contribution in [0.5, 0.6) is 0 Å². The summed E-state index contributed by atoms with van der Waals surface area (Å²) in [5.74, 6) is 0. The van der Waals surface area contributed by atoms with Gasteiger partial charge in [0.2, 0.25) is 0 Å². The lowest BCUT2D eigenvalue weighted by Gasteiger charge is -2.20. The number of hydrogen-bond acceptors (Lipinski definition) is 8. The molecule has 38 heavy (non-hydrogen) atoms. The van der Waals surface area contributed by atoms with E-state index < -0.39 is 20.0 Å². The highest BCUT2D eigenvalue weighted by molar-refractivity contribution is 7.47. The van der Waals surface area contributed by atoms with Crippen molar-refractivity contribution >= 4 is 7.82 Å². The predicted octanol–water partition coefficient (Wildman–Crippen LogP) is 5.75. The van der Waals surface area contributed by atoms with E-state index in [1.807, 2.05) is 0 Å². The molecule has 0 aromatic rings. The van der Waals surface area contributed by atoms with E-state index in [2.05, 4.69) is 12.2 Å². The van der Waals surface area contributed by atoms with E-state index in [4.69, 9.17) is 23.6 Å². The number of hydrogen-bond donors (Lipinski definition) is 4. The summed E-state index contributed by atoms with van der Waals surface area (Å²) >= 11 is 0. The molecule has 0 aliphatic rings. The second-order valence-electron chi connectivity index (χ2n) is 10.2. The van der Waals surface area contributed by atoms with E-state index in [-0.39, 0.29) is 26.4 Å². The quantitative estimate of drug-likeness (QED) is 0.0610. The second-order valence-corrected chi connectivity index (χ2v) is 11.7. The lowest BCUT2D eigenvalue weighted by molar-refractivity contribution is -0.0449. The number of phosphoric ester groups is 1. The maximum absolute atomic E-state index is 12.0. The third-order valence-electron chi connectivity index (χ3n) is 6.47. The average Bonchev–Trinajstić information content (AvgIpc) is 2.90. The summed E-state index contributed by atoms with van der Waals surface area (Å²) in [7, 11) is -2.42. The molecule has 3 unspecified atom stereocenters. The minimum atomic E-state index is -4.15. The van der Waals surface area contributed by atoms with Gasteiger partial charge < -0.3 is 29.9 Å². The first kappa shape index (κ1) is 37.9. The van der Waals surface area contributed by atoms with E-state index in [1.54, 1.807) is 7.05 Å². The number of rotatable bonds is 31. The van der Waals surface area contributed by atoms with Gasteiger partial charge in [0, 0.05) is 19.8 Å². The van der Waals surface area contributed by atoms with Crippen LogP contribution in [-0.2, 0) is 23.1 Å². The molecule has 3 atom stereocenters. The molecule has 0 aromatic carbocycles. The zero-order valence-corrected chi connectivity index (χ0v) is 25.3. The molecule has 10 heteroatoms. The van der Waals surface area contributed by atoms with Crippen LogP contribution in [0.4, 0.5) is 0 Å². The Morgan fingerprint density at radius 1 is 0.737 bits per heavy atom. The molecule has 0 amide bonds. The van der Waals surface area contributed by atoms with Crippen LogP contribution in [0.3, 0.4) is 0 Å². The van der Waals surface area contributed by atoms with Gasteiger partial charge >= 0.3 is 7.82 Å². The van der Waals surface area contributed by atoms with Crippen LogP contribution in [0, 0.1) is 0 Å². The maximum atomic E-state index is 12.0. The summed E-state index contributed by atoms with van der Waals surface area (Å²) in [4.78, 5) is 9.84. The maximum Gasteiger partial charge on any atom is 0.472 e. The molecule has 4 N–H and O–H groups in total. The van der Waals surface area contributed by atoms with Crippen LogP contribution in [0.1, 0.15) is 116 Å². The van der Waals surface area contributed by atoms with Crippen LogP contribution in [0.25, 0.3) is 0 Å². The van der Waals surface area contributed by atoms with Crippen LogP contribution < -0.4 is 5.32 Å². The van der Waals surface area contributed by atoms with Crippen LogP contribution in [0.2, 0.25) is 0 Å². The summed E-state index contributed by atoms with van der Waals surface area (Å²) in [5, 5.41) is 21.2. The highest BCUT2D eigenvalue weighted by Crippen LogP contribution is 2.43. The molecule has 0 spiro atoms. The van der Waals surface area contributed by atoms with Crippen molar-refractivity contribution in [3.63, 3.8) is 0 Å². The van der Waals surface area contributed by atoms with Gasteiger partial charge in [0.05, 0.1) is 32.5 Å². The fourth-order valence-corrected chi connectivity index (χ4v) is 4.81. The van der Waals surface area contributed by atoms with Gasteiger partial charge in [-0.25, -0.2) is 4.57 Å². The predicted molar refractivity (Wildman–Crippen MR) is 153 cm³/mol. The smallest absolute Gasteiger partial charge is 0.394 e. The first-order valence-corrected chi connectivity index (χ1v) is 16.7. The number of phosphoric acid groups is 1. The normalized spacial score (nSPS) is 15.0. The van der Waals surface area contributed by atoms with Crippen molar-refractivity contribution in [1.29, 1.82) is 0 Å². The zero-order valence-electron chi connectivity index (χ0n) is 24.5. The van der Waals surface area contributed by atoms with Gasteiger partial charge in [-0.1, -0.05) is 90.4 Å². The third-order valence-corrected chi connectivity index (χ3v) is 7.46. The third kappa shape index (κ3) is 27.5. The number of unbranched alkanes of at least 4 members (excludes halogenated alkanes) is 14. The van der Waals surface area contributed by atoms with Crippen molar-refractivity contribution in [2.45, 2.75) is 128 Å². The first-order chi connectivity index (χ1) is 18.4. The first-order valence-electron chi connectivity index (χ1n) is 15.2. The topological polar surface area (TPSA) is 127 Å². The standard InChI is InChI=1S/C28H60NO8P/c1-3-4-5-6-7-8-9-10-11-12-13-14-15-17-21-34-25-28(35-22-18-16-19-27(31)24-30)26-37-38(32,33)36-23-20-29-2/h27-31H,3-26H2,1-2H3,(H,32,33). The Bertz CT molecular complexity index is 529. The molecule has 0 radical (unpaired) electrons. The van der Waals surface area contributed by atoms with E-state index in [1.165, 1.54) is 77.0 Å². The summed E-state index contributed by atoms with van der Waals surface area (Å²) in [6.07, 6.45) is 19.0. The molecule has 0 heterocycles. The monoisotopic (exact) mass is 569 g/mol. The molecule has 0 fully saturated rings. The van der Waals surface area contributed by atoms with Gasteiger partial charge in [0.1, 0.15) is 6.10 Å². The summed E-state index contributed by atoms with van der Waals surface area (Å²) < 4.78 is 33.7. The van der Waals surface area contributed by atoms with Crippen molar-refractivity contribution in [2.75, 3.05) is 53.2 Å². The molecule has 0 aromatic heterocycles. The molecule has 0 saturated carbocycles. The van der Waals surface area contributed by atoms with Gasteiger partial charge in [-0.05, 0) is 32.7 Å². The average molecular weight is 570 g/mol. The van der Waals surface area contributed by atoms with Crippen molar-refractivity contribution in [3.05, 3.63) is 0 Å². The minimum absolute atomic E-state index is 0.0681. The van der Waals surface area contributed by atoms with Crippen molar-refractivity contribution in [2.24, 2.45) is 0 Å². The van der Waals surface area contributed by atoms with Crippen molar-refractivity contribution in [1.82, 2.24) is 5.32 Å². The number of aliphatic hydroxyl groups excluding tert-OH is 2. The molecular formula is C28H60NO8P. The Labute approximate surface area is 233 Å². The Morgan fingerprint density at radius 2 is 1.29 bits per heavy atom. The lowest BCUT2D eigenvalue weighted by Crippen LogP contribution is -2.26.